The molecule has 0 fully saturated rings. The van der Waals surface area contributed by atoms with Crippen molar-refractivity contribution in [3.05, 3.63) is 168 Å². The Morgan fingerprint density at radius 3 is 1.41 bits per heavy atom. The first-order valence-electron chi connectivity index (χ1n) is 20.8. The summed E-state index contributed by atoms with van der Waals surface area (Å²) in [5, 5.41) is 11.8. The predicted octanol–water partition coefficient (Wildman–Crippen LogP) is 5.98. The zero-order chi connectivity index (χ0) is 50.5. The summed E-state index contributed by atoms with van der Waals surface area (Å²) < 4.78 is 101. The quantitative estimate of drug-likeness (QED) is 0.0686. The molecule has 0 aliphatic carbocycles. The number of benzene rings is 6. The number of sulfonamides is 2. The van der Waals surface area contributed by atoms with E-state index in [9.17, 15) is 39.6 Å². The van der Waals surface area contributed by atoms with E-state index >= 15 is 0 Å². The molecule has 3 aliphatic heterocycles. The minimum Gasteiger partial charge on any atom is -0.489 e. The lowest BCUT2D eigenvalue weighted by molar-refractivity contribution is 0.0591. The first-order valence-corrected chi connectivity index (χ1v) is 25.9. The van der Waals surface area contributed by atoms with Gasteiger partial charge in [-0.05, 0) is 91.0 Å². The first-order chi connectivity index (χ1) is 33.5. The fraction of sp³-hybridized carbons (Fsp3) is 0.170. The lowest BCUT2D eigenvalue weighted by Crippen LogP contribution is -2.38. The fourth-order valence-corrected chi connectivity index (χ4v) is 10.5. The lowest BCUT2D eigenvalue weighted by atomic mass is 10.1. The number of anilines is 2. The highest BCUT2D eigenvalue weighted by Gasteiger charge is 2.32. The van der Waals surface area contributed by atoms with Crippen molar-refractivity contribution >= 4 is 69.0 Å². The normalized spacial score (nSPS) is 13.5. The standard InChI is InChI=1S/C16H15NO5S.C15H14N2O5S.C10H11NO3.C6H5ClO2S/c1-21-16(18)12-7-8-15-14(11-12)17(9-10-22-15)23(19,20)13-5-3-2-4-6-13;18-15(16-19)11-6-7-14-13(10-11)17(8-9-22-14)23(20,21)12-4-2-1-3-5-12;1-13-10(12)7-2-3-9-8(4-7)5-11-6-14-9;7-10(8,9)6-4-2-1-3-5-6/h2-8,11H,9-10H2,1H3;1-7,10,19H,8-9H2,(H,16,18);2-4,11H,5-6H2,1H3;1-5H. The van der Waals surface area contributed by atoms with Crippen LogP contribution in [0.3, 0.4) is 0 Å². The molecule has 70 heavy (non-hydrogen) atoms. The Labute approximate surface area is 408 Å². The van der Waals surface area contributed by atoms with E-state index in [4.69, 9.17) is 30.1 Å². The van der Waals surface area contributed by atoms with Gasteiger partial charge in [0, 0.05) is 28.4 Å². The molecule has 0 spiro atoms. The van der Waals surface area contributed by atoms with E-state index in [-0.39, 0.29) is 63.8 Å². The molecule has 0 unspecified atom stereocenters. The van der Waals surface area contributed by atoms with E-state index < -0.39 is 41.0 Å². The van der Waals surface area contributed by atoms with Gasteiger partial charge in [-0.15, -0.1) is 0 Å². The molecular formula is C47H45ClN4O15S3. The van der Waals surface area contributed by atoms with Gasteiger partial charge in [0.2, 0.25) is 0 Å². The summed E-state index contributed by atoms with van der Waals surface area (Å²) in [6.45, 7) is 2.01. The van der Waals surface area contributed by atoms with Crippen LogP contribution in [-0.2, 0) is 45.1 Å². The number of carbonyl (C=O) groups excluding carboxylic acids is 3. The minimum absolute atomic E-state index is 0.130. The largest absolute Gasteiger partial charge is 0.489 e. The minimum atomic E-state index is -3.77. The highest BCUT2D eigenvalue weighted by molar-refractivity contribution is 8.13. The van der Waals surface area contributed by atoms with Crippen LogP contribution < -0.4 is 33.6 Å². The summed E-state index contributed by atoms with van der Waals surface area (Å²) in [7, 11) is -3.34. The van der Waals surface area contributed by atoms with Crippen LogP contribution in [0.2, 0.25) is 0 Å². The van der Waals surface area contributed by atoms with Crippen molar-refractivity contribution < 1.29 is 68.5 Å². The number of hydrogen-bond donors (Lipinski definition) is 3. The zero-order valence-electron chi connectivity index (χ0n) is 37.3. The molecule has 0 saturated carbocycles. The maximum absolute atomic E-state index is 12.9. The van der Waals surface area contributed by atoms with Crippen LogP contribution in [-0.4, -0.2) is 95.6 Å². The van der Waals surface area contributed by atoms with E-state index in [1.165, 1.54) is 89.0 Å². The monoisotopic (exact) mass is 1040 g/mol. The second kappa shape index (κ2) is 23.4. The van der Waals surface area contributed by atoms with Crippen molar-refractivity contribution in [1.29, 1.82) is 0 Å². The number of rotatable bonds is 8. The van der Waals surface area contributed by atoms with Gasteiger partial charge in [-0.3, -0.25) is 23.9 Å². The van der Waals surface area contributed by atoms with Gasteiger partial charge in [0.25, 0.3) is 35.0 Å². The van der Waals surface area contributed by atoms with Crippen molar-refractivity contribution in [2.75, 3.05) is 55.9 Å². The van der Waals surface area contributed by atoms with Crippen LogP contribution >= 0.6 is 10.7 Å². The maximum atomic E-state index is 12.9. The molecule has 19 nitrogen and oxygen atoms in total. The molecule has 0 saturated heterocycles. The molecule has 0 radical (unpaired) electrons. The van der Waals surface area contributed by atoms with Crippen LogP contribution in [0.5, 0.6) is 17.2 Å². The lowest BCUT2D eigenvalue weighted by Gasteiger charge is -2.30. The van der Waals surface area contributed by atoms with E-state index in [1.807, 2.05) is 0 Å². The van der Waals surface area contributed by atoms with Gasteiger partial charge in [0.15, 0.2) is 0 Å². The predicted molar refractivity (Wildman–Crippen MR) is 256 cm³/mol. The summed E-state index contributed by atoms with van der Waals surface area (Å²) in [6.07, 6.45) is 0. The van der Waals surface area contributed by atoms with Crippen LogP contribution in [0, 0.1) is 0 Å². The zero-order valence-corrected chi connectivity index (χ0v) is 40.5. The van der Waals surface area contributed by atoms with Crippen LogP contribution in [0.4, 0.5) is 11.4 Å². The average Bonchev–Trinajstić information content (AvgIpc) is 3.40. The van der Waals surface area contributed by atoms with Gasteiger partial charge in [0.05, 0.1) is 64.5 Å². The Balaban J connectivity index is 0.000000161. The average molecular weight is 1040 g/mol. The Bertz CT molecular complexity index is 3010. The van der Waals surface area contributed by atoms with E-state index in [0.29, 0.717) is 29.5 Å². The molecule has 1 amide bonds. The van der Waals surface area contributed by atoms with E-state index in [2.05, 4.69) is 14.8 Å². The maximum Gasteiger partial charge on any atom is 0.337 e. The highest BCUT2D eigenvalue weighted by Crippen LogP contribution is 2.37. The SMILES string of the molecule is COC(=O)c1ccc2c(c1)CNCO2.COC(=O)c1ccc2c(c1)N(S(=O)(=O)c1ccccc1)CCO2.O=C(NO)c1ccc2c(c1)N(S(=O)(=O)c1ccccc1)CCO2.O=S(=O)(Cl)c1ccccc1. The molecule has 9 rings (SSSR count). The van der Waals surface area contributed by atoms with Gasteiger partial charge < -0.3 is 23.7 Å². The van der Waals surface area contributed by atoms with Crippen molar-refractivity contribution in [2.24, 2.45) is 0 Å². The number of ether oxygens (including phenoxy) is 5. The van der Waals surface area contributed by atoms with Gasteiger partial charge in [-0.25, -0.2) is 40.3 Å². The van der Waals surface area contributed by atoms with E-state index in [0.717, 1.165) is 17.9 Å². The molecule has 3 heterocycles. The molecule has 6 aromatic carbocycles. The number of hydrogen-bond acceptors (Lipinski definition) is 16. The van der Waals surface area contributed by atoms with Crippen LogP contribution in [0.1, 0.15) is 36.6 Å². The molecule has 0 aromatic heterocycles. The molecule has 6 aromatic rings. The Morgan fingerprint density at radius 2 is 0.986 bits per heavy atom. The molecule has 368 valence electrons. The molecule has 0 bridgehead atoms. The van der Waals surface area contributed by atoms with Crippen LogP contribution in [0.25, 0.3) is 0 Å². The molecule has 0 atom stereocenters. The summed E-state index contributed by atoms with van der Waals surface area (Å²) in [5.74, 6) is 0.0364. The van der Waals surface area contributed by atoms with Crippen LogP contribution in [0.15, 0.2) is 160 Å². The molecular weight excluding hydrogens is 992 g/mol. The van der Waals surface area contributed by atoms with Crippen molar-refractivity contribution in [1.82, 2.24) is 10.8 Å². The molecule has 3 aliphatic rings. The Hall–Kier alpha value is -7.21. The fourth-order valence-electron chi connectivity index (χ4n) is 6.78. The number of methoxy groups -OCH3 is 2. The Kier molecular flexibility index (Phi) is 17.4. The number of esters is 2. The topological polar surface area (TPSA) is 251 Å². The third kappa shape index (κ3) is 12.7. The van der Waals surface area contributed by atoms with Crippen molar-refractivity contribution in [3.8, 4) is 17.2 Å². The summed E-state index contributed by atoms with van der Waals surface area (Å²) in [6, 6.07) is 38.3. The summed E-state index contributed by atoms with van der Waals surface area (Å²) in [4.78, 5) is 35.0. The third-order valence-electron chi connectivity index (χ3n) is 10.2. The van der Waals surface area contributed by atoms with Gasteiger partial charge in [0.1, 0.15) is 37.2 Å². The second-order valence-electron chi connectivity index (χ2n) is 14.6. The third-order valence-corrected chi connectivity index (χ3v) is 15.2. The van der Waals surface area contributed by atoms with Crippen molar-refractivity contribution in [2.45, 2.75) is 21.2 Å². The summed E-state index contributed by atoms with van der Waals surface area (Å²) in [5.41, 5.74) is 4.06. The molecule has 23 heteroatoms. The number of hydroxylamine groups is 1. The number of nitrogens with one attached hydrogen (secondary N) is 2. The number of carbonyl (C=O) groups is 3. The number of halogens is 1. The first kappa shape index (κ1) is 52.2. The number of fused-ring (bicyclic) bond motifs is 3. The van der Waals surface area contributed by atoms with E-state index in [1.54, 1.807) is 84.9 Å². The smallest absolute Gasteiger partial charge is 0.337 e. The Morgan fingerprint density at radius 1 is 0.571 bits per heavy atom. The number of amides is 1. The second-order valence-corrected chi connectivity index (χ2v) is 20.8. The van der Waals surface area contributed by atoms with Crippen molar-refractivity contribution in [3.63, 3.8) is 0 Å². The summed E-state index contributed by atoms with van der Waals surface area (Å²) >= 11 is 0. The van der Waals surface area contributed by atoms with Gasteiger partial charge in [-0.1, -0.05) is 54.6 Å². The van der Waals surface area contributed by atoms with Gasteiger partial charge >= 0.3 is 11.9 Å². The molecule has 3 N–H and O–H groups in total. The van der Waals surface area contributed by atoms with Gasteiger partial charge in [-0.2, -0.15) is 0 Å². The highest BCUT2D eigenvalue weighted by atomic mass is 35.7. The number of nitrogens with zero attached hydrogens (tertiary/aromatic N) is 2.